The van der Waals surface area contributed by atoms with Gasteiger partial charge in [0, 0.05) is 17.4 Å². The summed E-state index contributed by atoms with van der Waals surface area (Å²) in [5.74, 6) is 1.75. The zero-order valence-corrected chi connectivity index (χ0v) is 18.2. The van der Waals surface area contributed by atoms with Crippen molar-refractivity contribution in [2.75, 3.05) is 13.2 Å². The van der Waals surface area contributed by atoms with Gasteiger partial charge in [0.05, 0.1) is 31.9 Å². The Hall–Kier alpha value is -2.95. The summed E-state index contributed by atoms with van der Waals surface area (Å²) in [6.07, 6.45) is 6.34. The zero-order valence-electron chi connectivity index (χ0n) is 18.2. The molecule has 0 spiro atoms. The number of carbonyl (C=O) groups is 1. The van der Waals surface area contributed by atoms with E-state index in [-0.39, 0.29) is 17.9 Å². The molecule has 0 unspecified atom stereocenters. The summed E-state index contributed by atoms with van der Waals surface area (Å²) < 4.78 is 17.4. The normalized spacial score (nSPS) is 16.2. The highest BCUT2D eigenvalue weighted by atomic mass is 16.5. The number of carbonyl (C=O) groups excluding carboxylic acids is 1. The minimum absolute atomic E-state index is 0.00555. The predicted octanol–water partition coefficient (Wildman–Crippen LogP) is 5.14. The third-order valence-electron chi connectivity index (χ3n) is 6.33. The highest BCUT2D eigenvalue weighted by Crippen LogP contribution is 2.34. The van der Waals surface area contributed by atoms with E-state index in [1.807, 2.05) is 18.2 Å². The molecule has 5 nitrogen and oxygen atoms in total. The number of ether oxygens (including phenoxy) is 2. The van der Waals surface area contributed by atoms with Crippen molar-refractivity contribution >= 4 is 16.9 Å². The van der Waals surface area contributed by atoms with Crippen molar-refractivity contribution in [1.29, 1.82) is 0 Å². The van der Waals surface area contributed by atoms with Crippen molar-refractivity contribution in [2.24, 2.45) is 5.92 Å². The van der Waals surface area contributed by atoms with Crippen LogP contribution in [0.25, 0.3) is 11.0 Å². The van der Waals surface area contributed by atoms with Crippen LogP contribution in [0.5, 0.6) is 11.5 Å². The van der Waals surface area contributed by atoms with Gasteiger partial charge in [-0.1, -0.05) is 19.9 Å². The second-order valence-corrected chi connectivity index (χ2v) is 8.95. The van der Waals surface area contributed by atoms with Crippen molar-refractivity contribution in [2.45, 2.75) is 52.0 Å². The van der Waals surface area contributed by atoms with Crippen LogP contribution in [0.15, 0.2) is 41.0 Å². The first-order valence-electron chi connectivity index (χ1n) is 11.3. The molecule has 3 aromatic rings. The molecule has 0 saturated carbocycles. The molecule has 1 aliphatic heterocycles. The molecule has 0 radical (unpaired) electrons. The lowest BCUT2D eigenvalue weighted by molar-refractivity contribution is -0.121. The first-order valence-corrected chi connectivity index (χ1v) is 11.3. The van der Waals surface area contributed by atoms with Crippen LogP contribution in [0.4, 0.5) is 0 Å². The van der Waals surface area contributed by atoms with Crippen molar-refractivity contribution < 1.29 is 18.7 Å². The number of nitrogens with one attached hydrogen (secondary N) is 1. The lowest BCUT2D eigenvalue weighted by Crippen LogP contribution is -2.32. The summed E-state index contributed by atoms with van der Waals surface area (Å²) in [7, 11) is 0. The van der Waals surface area contributed by atoms with E-state index in [4.69, 9.17) is 13.9 Å². The Bertz CT molecular complexity index is 1110. The number of amides is 1. The number of fused-ring (bicyclic) bond motifs is 3. The van der Waals surface area contributed by atoms with Crippen LogP contribution in [0.3, 0.4) is 0 Å². The van der Waals surface area contributed by atoms with Crippen LogP contribution in [0.2, 0.25) is 0 Å². The van der Waals surface area contributed by atoms with Gasteiger partial charge in [-0.25, -0.2) is 0 Å². The first-order chi connectivity index (χ1) is 15.1. The van der Waals surface area contributed by atoms with Gasteiger partial charge in [-0.15, -0.1) is 0 Å². The molecule has 0 saturated heterocycles. The third kappa shape index (κ3) is 4.01. The molecule has 2 aliphatic rings. The summed E-state index contributed by atoms with van der Waals surface area (Å²) in [5.41, 5.74) is 5.63. The van der Waals surface area contributed by atoms with Crippen molar-refractivity contribution in [3.63, 3.8) is 0 Å². The molecule has 0 bridgehead atoms. The molecule has 5 rings (SSSR count). The van der Waals surface area contributed by atoms with Gasteiger partial charge < -0.3 is 19.2 Å². The number of benzene rings is 2. The van der Waals surface area contributed by atoms with Crippen LogP contribution >= 0.6 is 0 Å². The Morgan fingerprint density at radius 1 is 1.00 bits per heavy atom. The molecule has 1 atom stereocenters. The molecule has 2 heterocycles. The van der Waals surface area contributed by atoms with Crippen LogP contribution in [-0.4, -0.2) is 19.1 Å². The molecule has 31 heavy (non-hydrogen) atoms. The van der Waals surface area contributed by atoms with Gasteiger partial charge in [0.2, 0.25) is 5.91 Å². The van der Waals surface area contributed by atoms with Crippen LogP contribution in [0, 0.1) is 5.92 Å². The molecular weight excluding hydrogens is 390 g/mol. The quantitative estimate of drug-likeness (QED) is 0.622. The van der Waals surface area contributed by atoms with E-state index < -0.39 is 0 Å². The fraction of sp³-hybridized carbons (Fsp3) is 0.423. The van der Waals surface area contributed by atoms with Crippen LogP contribution < -0.4 is 14.8 Å². The van der Waals surface area contributed by atoms with Gasteiger partial charge in [-0.2, -0.15) is 0 Å². The van der Waals surface area contributed by atoms with E-state index >= 15 is 0 Å². The Morgan fingerprint density at radius 3 is 2.58 bits per heavy atom. The highest BCUT2D eigenvalue weighted by molar-refractivity contribution is 5.88. The fourth-order valence-corrected chi connectivity index (χ4v) is 4.69. The maximum Gasteiger partial charge on any atom is 0.225 e. The Balaban J connectivity index is 1.35. The molecule has 162 valence electrons. The standard InChI is InChI=1S/C26H29NO4/c1-16(2)26(19-7-8-22-24(13-19)30-10-4-9-29-22)27-25(28)14-20-15-31-23-12-18-6-3-5-17(18)11-21(20)23/h7-8,11-13,15-16,26H,3-6,9-10,14H2,1-2H3,(H,27,28)/t26-/m1/s1. The fourth-order valence-electron chi connectivity index (χ4n) is 4.69. The van der Waals surface area contributed by atoms with Crippen LogP contribution in [0.1, 0.15) is 55.0 Å². The summed E-state index contributed by atoms with van der Waals surface area (Å²) in [5, 5.41) is 4.30. The Kier molecular flexibility index (Phi) is 5.34. The maximum absolute atomic E-state index is 13.0. The van der Waals surface area contributed by atoms with Crippen molar-refractivity contribution in [3.05, 3.63) is 58.8 Å². The number of furan rings is 1. The predicted molar refractivity (Wildman–Crippen MR) is 120 cm³/mol. The molecule has 5 heteroatoms. The topological polar surface area (TPSA) is 60.7 Å². The maximum atomic E-state index is 13.0. The number of hydrogen-bond donors (Lipinski definition) is 1. The van der Waals surface area contributed by atoms with Gasteiger partial charge in [-0.05, 0) is 66.1 Å². The molecule has 1 aliphatic carbocycles. The monoisotopic (exact) mass is 419 g/mol. The van der Waals surface area contributed by atoms with Gasteiger partial charge >= 0.3 is 0 Å². The molecule has 1 aromatic heterocycles. The minimum atomic E-state index is -0.105. The smallest absolute Gasteiger partial charge is 0.225 e. The van der Waals surface area contributed by atoms with E-state index in [2.05, 4.69) is 31.3 Å². The van der Waals surface area contributed by atoms with Crippen LogP contribution in [-0.2, 0) is 24.1 Å². The van der Waals surface area contributed by atoms with E-state index in [0.29, 0.717) is 19.6 Å². The first kappa shape index (κ1) is 20.0. The number of hydrogen-bond acceptors (Lipinski definition) is 4. The molecule has 2 aromatic carbocycles. The average Bonchev–Trinajstić information content (AvgIpc) is 3.29. The highest BCUT2D eigenvalue weighted by Gasteiger charge is 2.22. The van der Waals surface area contributed by atoms with E-state index in [1.54, 1.807) is 6.26 Å². The lowest BCUT2D eigenvalue weighted by atomic mass is 9.95. The lowest BCUT2D eigenvalue weighted by Gasteiger charge is -2.24. The SMILES string of the molecule is CC(C)[C@@H](NC(=O)Cc1coc2cc3c(cc12)CCC3)c1ccc2c(c1)OCCCO2. The third-order valence-corrected chi connectivity index (χ3v) is 6.33. The van der Waals surface area contributed by atoms with E-state index in [9.17, 15) is 4.79 Å². The number of aryl methyl sites for hydroxylation is 2. The minimum Gasteiger partial charge on any atom is -0.490 e. The van der Waals surface area contributed by atoms with Gasteiger partial charge in [0.25, 0.3) is 0 Å². The molecular formula is C26H29NO4. The van der Waals surface area contributed by atoms with Gasteiger partial charge in [-0.3, -0.25) is 4.79 Å². The summed E-state index contributed by atoms with van der Waals surface area (Å²) >= 11 is 0. The second kappa shape index (κ2) is 8.29. The molecule has 1 N–H and O–H groups in total. The second-order valence-electron chi connectivity index (χ2n) is 8.95. The largest absolute Gasteiger partial charge is 0.490 e. The zero-order chi connectivity index (χ0) is 21.4. The summed E-state index contributed by atoms with van der Waals surface area (Å²) in [6, 6.07) is 10.2. The van der Waals surface area contributed by atoms with Crippen molar-refractivity contribution in [3.8, 4) is 11.5 Å². The van der Waals surface area contributed by atoms with Gasteiger partial charge in [0.1, 0.15) is 5.58 Å². The number of rotatable bonds is 5. The molecule has 1 amide bonds. The molecule has 0 fully saturated rings. The summed E-state index contributed by atoms with van der Waals surface area (Å²) in [4.78, 5) is 13.0. The Labute approximate surface area is 182 Å². The van der Waals surface area contributed by atoms with Gasteiger partial charge in [0.15, 0.2) is 11.5 Å². The summed E-state index contributed by atoms with van der Waals surface area (Å²) in [6.45, 7) is 5.54. The Morgan fingerprint density at radius 2 is 1.77 bits per heavy atom. The van der Waals surface area contributed by atoms with E-state index in [0.717, 1.165) is 52.9 Å². The van der Waals surface area contributed by atoms with E-state index in [1.165, 1.54) is 17.5 Å². The van der Waals surface area contributed by atoms with Crippen molar-refractivity contribution in [1.82, 2.24) is 5.32 Å². The average molecular weight is 420 g/mol.